The van der Waals surface area contributed by atoms with Gasteiger partial charge in [-0.3, -0.25) is 0 Å². The summed E-state index contributed by atoms with van der Waals surface area (Å²) in [6, 6.07) is 62.3. The van der Waals surface area contributed by atoms with Gasteiger partial charge in [0.15, 0.2) is 0 Å². The average molecular weight is 684 g/mol. The van der Waals surface area contributed by atoms with Crippen LogP contribution in [0.15, 0.2) is 185 Å². The first kappa shape index (κ1) is 29.1. The summed E-state index contributed by atoms with van der Waals surface area (Å²) in [5, 5.41) is 7.01. The number of rotatable bonds is 5. The van der Waals surface area contributed by atoms with E-state index in [1.54, 1.807) is 0 Å². The Morgan fingerprint density at radius 1 is 0.404 bits per heavy atom. The molecule has 0 spiro atoms. The summed E-state index contributed by atoms with van der Waals surface area (Å²) in [4.78, 5) is 2.32. The van der Waals surface area contributed by atoms with E-state index < -0.39 is 0 Å². The van der Waals surface area contributed by atoms with Crippen LogP contribution in [-0.2, 0) is 0 Å². The van der Waals surface area contributed by atoms with Gasteiger partial charge in [0, 0.05) is 58.8 Å². The third-order valence-electron chi connectivity index (χ3n) is 10.3. The molecular weight excluding hydrogens is 655 g/mol. The minimum atomic E-state index is 0.867. The molecule has 3 aromatic heterocycles. The van der Waals surface area contributed by atoms with E-state index in [2.05, 4.69) is 169 Å². The quantitative estimate of drug-likeness (QED) is 0.181. The molecule has 0 amide bonds. The number of hydrogen-bond donors (Lipinski definition) is 0. The zero-order valence-corrected chi connectivity index (χ0v) is 28.7. The highest BCUT2D eigenvalue weighted by atomic mass is 32.1. The Hall–Kier alpha value is -6.62. The molecule has 4 heteroatoms. The maximum atomic E-state index is 6.83. The maximum absolute atomic E-state index is 6.83. The Balaban J connectivity index is 1.07. The van der Waals surface area contributed by atoms with Crippen LogP contribution in [0.25, 0.3) is 86.3 Å². The number of hydrogen-bond acceptors (Lipinski definition) is 4. The molecule has 0 radical (unpaired) electrons. The molecule has 244 valence electrons. The molecule has 0 bridgehead atoms. The molecular formula is C48H29NO2S. The molecule has 0 N–H and O–H groups in total. The van der Waals surface area contributed by atoms with Crippen LogP contribution in [0.5, 0.6) is 0 Å². The van der Waals surface area contributed by atoms with E-state index in [1.807, 2.05) is 23.5 Å². The highest BCUT2D eigenvalue weighted by molar-refractivity contribution is 7.26. The molecule has 0 aliphatic carbocycles. The number of benzene rings is 8. The van der Waals surface area contributed by atoms with E-state index in [-0.39, 0.29) is 0 Å². The number of para-hydroxylation sites is 4. The fraction of sp³-hybridized carbons (Fsp3) is 0. The van der Waals surface area contributed by atoms with Crippen molar-refractivity contribution in [1.29, 1.82) is 0 Å². The topological polar surface area (TPSA) is 29.5 Å². The molecule has 11 aromatic rings. The summed E-state index contributed by atoms with van der Waals surface area (Å²) < 4.78 is 15.6. The van der Waals surface area contributed by atoms with Crippen molar-refractivity contribution >= 4 is 92.4 Å². The molecule has 0 aliphatic rings. The minimum Gasteiger partial charge on any atom is -0.456 e. The molecule has 0 fully saturated rings. The number of furan rings is 2. The minimum absolute atomic E-state index is 0.867. The van der Waals surface area contributed by atoms with Crippen molar-refractivity contribution in [1.82, 2.24) is 0 Å². The summed E-state index contributed by atoms with van der Waals surface area (Å²) in [7, 11) is 0. The van der Waals surface area contributed by atoms with E-state index in [9.17, 15) is 0 Å². The van der Waals surface area contributed by atoms with Crippen molar-refractivity contribution in [2.45, 2.75) is 0 Å². The Kier molecular flexibility index (Phi) is 6.42. The van der Waals surface area contributed by atoms with Gasteiger partial charge in [0.25, 0.3) is 0 Å². The third-order valence-corrected chi connectivity index (χ3v) is 11.5. The smallest absolute Gasteiger partial charge is 0.143 e. The maximum Gasteiger partial charge on any atom is 0.143 e. The van der Waals surface area contributed by atoms with Crippen LogP contribution in [0.1, 0.15) is 0 Å². The number of thiophene rings is 1. The SMILES string of the molecule is c1ccc(N(c2ccccc2)c2cccc3oc4c(-c5cccc6c5sc5cc(-c7ccc8c(c7)oc7ccccc78)ccc56)cccc4c23)cc1. The van der Waals surface area contributed by atoms with Gasteiger partial charge in [-0.2, -0.15) is 0 Å². The van der Waals surface area contributed by atoms with Crippen LogP contribution in [0.2, 0.25) is 0 Å². The lowest BCUT2D eigenvalue weighted by Crippen LogP contribution is -2.09. The third kappa shape index (κ3) is 4.45. The summed E-state index contributed by atoms with van der Waals surface area (Å²) in [5.41, 5.74) is 11.5. The van der Waals surface area contributed by atoms with Crippen LogP contribution < -0.4 is 4.90 Å². The molecule has 52 heavy (non-hydrogen) atoms. The highest BCUT2D eigenvalue weighted by Gasteiger charge is 2.22. The van der Waals surface area contributed by atoms with Crippen LogP contribution in [0.3, 0.4) is 0 Å². The number of fused-ring (bicyclic) bond motifs is 9. The summed E-state index contributed by atoms with van der Waals surface area (Å²) in [6.45, 7) is 0. The van der Waals surface area contributed by atoms with Gasteiger partial charge >= 0.3 is 0 Å². The van der Waals surface area contributed by atoms with Crippen LogP contribution in [0.4, 0.5) is 17.1 Å². The molecule has 0 saturated heterocycles. The van der Waals surface area contributed by atoms with Gasteiger partial charge < -0.3 is 13.7 Å². The van der Waals surface area contributed by atoms with Crippen molar-refractivity contribution in [2.24, 2.45) is 0 Å². The molecule has 11 rings (SSSR count). The number of nitrogens with zero attached hydrogens (tertiary/aromatic N) is 1. The lowest BCUT2D eigenvalue weighted by atomic mass is 9.99. The number of anilines is 3. The van der Waals surface area contributed by atoms with Gasteiger partial charge in [-0.1, -0.05) is 115 Å². The summed E-state index contributed by atoms with van der Waals surface area (Å²) in [5.74, 6) is 0. The van der Waals surface area contributed by atoms with Gasteiger partial charge in [0.05, 0.1) is 11.1 Å². The molecule has 0 atom stereocenters. The zero-order valence-electron chi connectivity index (χ0n) is 27.9. The van der Waals surface area contributed by atoms with Crippen molar-refractivity contribution in [3.8, 4) is 22.3 Å². The van der Waals surface area contributed by atoms with Crippen LogP contribution >= 0.6 is 11.3 Å². The second kappa shape index (κ2) is 11.5. The van der Waals surface area contributed by atoms with E-state index in [0.717, 1.165) is 72.1 Å². The first-order chi connectivity index (χ1) is 25.8. The van der Waals surface area contributed by atoms with E-state index in [0.29, 0.717) is 0 Å². The van der Waals surface area contributed by atoms with Gasteiger partial charge in [0.2, 0.25) is 0 Å². The Morgan fingerprint density at radius 3 is 1.83 bits per heavy atom. The predicted octanol–water partition coefficient (Wildman–Crippen LogP) is 14.7. The largest absolute Gasteiger partial charge is 0.456 e. The Morgan fingerprint density at radius 2 is 1.02 bits per heavy atom. The lowest BCUT2D eigenvalue weighted by Gasteiger charge is -2.26. The van der Waals surface area contributed by atoms with Gasteiger partial charge in [-0.15, -0.1) is 11.3 Å². The zero-order chi connectivity index (χ0) is 34.2. The summed E-state index contributed by atoms with van der Waals surface area (Å²) >= 11 is 1.84. The first-order valence-corrected chi connectivity index (χ1v) is 18.3. The average Bonchev–Trinajstić information content (AvgIpc) is 3.90. The molecule has 8 aromatic carbocycles. The Bertz CT molecular complexity index is 3090. The first-order valence-electron chi connectivity index (χ1n) is 17.5. The van der Waals surface area contributed by atoms with Crippen molar-refractivity contribution in [3.05, 3.63) is 176 Å². The van der Waals surface area contributed by atoms with Crippen molar-refractivity contribution < 1.29 is 8.83 Å². The second-order valence-electron chi connectivity index (χ2n) is 13.2. The second-order valence-corrected chi connectivity index (χ2v) is 14.3. The highest BCUT2D eigenvalue weighted by Crippen LogP contribution is 2.47. The van der Waals surface area contributed by atoms with Gasteiger partial charge in [-0.25, -0.2) is 0 Å². The molecule has 3 heterocycles. The van der Waals surface area contributed by atoms with Gasteiger partial charge in [-0.05, 0) is 71.8 Å². The predicted molar refractivity (Wildman–Crippen MR) is 219 cm³/mol. The Labute approximate surface area is 303 Å². The monoisotopic (exact) mass is 683 g/mol. The van der Waals surface area contributed by atoms with E-state index >= 15 is 0 Å². The van der Waals surface area contributed by atoms with Crippen LogP contribution in [0, 0.1) is 0 Å². The lowest BCUT2D eigenvalue weighted by molar-refractivity contribution is 0.669. The normalized spacial score (nSPS) is 11.8. The molecule has 3 nitrogen and oxygen atoms in total. The standard InChI is InChI=1S/C48H29NO2S/c1-3-12-32(13-4-1)49(33-14-5-2-6-15-33)41-21-11-23-43-46(41)40-20-9-17-37(47(40)51-43)39-19-10-18-38-36-27-25-31(29-45(36)52-48(38)39)30-24-26-35-34-16-7-8-22-42(34)50-44(35)28-30/h1-29H. The molecule has 0 unspecified atom stereocenters. The van der Waals surface area contributed by atoms with Gasteiger partial charge in [0.1, 0.15) is 22.3 Å². The molecule has 0 aliphatic heterocycles. The van der Waals surface area contributed by atoms with Crippen LogP contribution in [-0.4, -0.2) is 0 Å². The fourth-order valence-corrected chi connectivity index (χ4v) is 9.17. The van der Waals surface area contributed by atoms with Crippen molar-refractivity contribution in [3.63, 3.8) is 0 Å². The van der Waals surface area contributed by atoms with E-state index in [1.165, 1.54) is 31.3 Å². The van der Waals surface area contributed by atoms with Crippen molar-refractivity contribution in [2.75, 3.05) is 4.90 Å². The fourth-order valence-electron chi connectivity index (χ4n) is 7.90. The molecule has 0 saturated carbocycles. The summed E-state index contributed by atoms with van der Waals surface area (Å²) in [6.07, 6.45) is 0. The van der Waals surface area contributed by atoms with E-state index in [4.69, 9.17) is 8.83 Å².